The maximum absolute atomic E-state index is 11.1. The number of nitrogens with zero attached hydrogens (tertiary/aromatic N) is 1. The van der Waals surface area contributed by atoms with E-state index in [-0.39, 0.29) is 5.91 Å². The first-order chi connectivity index (χ1) is 5.67. The van der Waals surface area contributed by atoms with E-state index in [1.165, 1.54) is 17.1 Å². The largest absolute Gasteiger partial charge is 0.317 e. The minimum absolute atomic E-state index is 0.220. The van der Waals surface area contributed by atoms with E-state index in [0.29, 0.717) is 6.54 Å². The summed E-state index contributed by atoms with van der Waals surface area (Å²) < 4.78 is 0. The number of nitrogens with two attached hydrogens (primary N) is 1. The third-order valence-electron chi connectivity index (χ3n) is 1.38. The summed E-state index contributed by atoms with van der Waals surface area (Å²) in [6, 6.07) is 0. The van der Waals surface area contributed by atoms with E-state index in [0.717, 1.165) is 0 Å². The van der Waals surface area contributed by atoms with Crippen LogP contribution >= 0.6 is 0 Å². The van der Waals surface area contributed by atoms with E-state index < -0.39 is 6.17 Å². The molecule has 66 valence electrons. The molecule has 0 aliphatic heterocycles. The van der Waals surface area contributed by atoms with Crippen molar-refractivity contribution in [1.29, 1.82) is 0 Å². The van der Waals surface area contributed by atoms with Gasteiger partial charge in [-0.2, -0.15) is 0 Å². The fraction of sp³-hybridized carbons (Fsp3) is 0.222. The molecule has 3 nitrogen and oxygen atoms in total. The van der Waals surface area contributed by atoms with E-state index in [1.807, 2.05) is 0 Å². The lowest BCUT2D eigenvalue weighted by molar-refractivity contribution is -0.126. The second-order valence-corrected chi connectivity index (χ2v) is 2.21. The van der Waals surface area contributed by atoms with Crippen LogP contribution in [0.25, 0.3) is 0 Å². The fourth-order valence-corrected chi connectivity index (χ4v) is 0.742. The number of rotatable bonds is 5. The molecule has 1 unspecified atom stereocenters. The lowest BCUT2D eigenvalue weighted by Crippen LogP contribution is -2.43. The van der Waals surface area contributed by atoms with Crippen LogP contribution in [0.5, 0.6) is 0 Å². The van der Waals surface area contributed by atoms with Crippen molar-refractivity contribution in [3.8, 4) is 0 Å². The molecule has 0 saturated carbocycles. The SMILES string of the molecule is C=CCN(C(=O)C=C)C(N)C=C. The second kappa shape index (κ2) is 5.32. The summed E-state index contributed by atoms with van der Waals surface area (Å²) in [5, 5.41) is 0. The minimum atomic E-state index is -0.478. The zero-order valence-electron chi connectivity index (χ0n) is 7.07. The fourth-order valence-electron chi connectivity index (χ4n) is 0.742. The molecular formula is C9H14N2O. The molecule has 12 heavy (non-hydrogen) atoms. The molecule has 3 heteroatoms. The molecule has 0 aromatic rings. The van der Waals surface area contributed by atoms with Crippen LogP contribution in [0.2, 0.25) is 0 Å². The van der Waals surface area contributed by atoms with Crippen LogP contribution in [0, 0.1) is 0 Å². The Morgan fingerprint density at radius 3 is 2.42 bits per heavy atom. The zero-order chi connectivity index (χ0) is 9.56. The van der Waals surface area contributed by atoms with Crippen LogP contribution < -0.4 is 5.73 Å². The van der Waals surface area contributed by atoms with Crippen molar-refractivity contribution in [2.45, 2.75) is 6.17 Å². The Balaban J connectivity index is 4.39. The van der Waals surface area contributed by atoms with E-state index in [9.17, 15) is 4.79 Å². The van der Waals surface area contributed by atoms with E-state index in [1.54, 1.807) is 6.08 Å². The third-order valence-corrected chi connectivity index (χ3v) is 1.38. The van der Waals surface area contributed by atoms with Crippen molar-refractivity contribution < 1.29 is 4.79 Å². The van der Waals surface area contributed by atoms with Gasteiger partial charge >= 0.3 is 0 Å². The van der Waals surface area contributed by atoms with Crippen LogP contribution in [0.3, 0.4) is 0 Å². The smallest absolute Gasteiger partial charge is 0.247 e. The van der Waals surface area contributed by atoms with Crippen molar-refractivity contribution in [2.75, 3.05) is 6.54 Å². The second-order valence-electron chi connectivity index (χ2n) is 2.21. The molecule has 0 aliphatic carbocycles. The first kappa shape index (κ1) is 10.7. The summed E-state index contributed by atoms with van der Waals surface area (Å²) in [6.07, 6.45) is 3.83. The number of amides is 1. The Morgan fingerprint density at radius 2 is 2.08 bits per heavy atom. The van der Waals surface area contributed by atoms with Gasteiger partial charge in [0.05, 0.1) is 6.17 Å². The standard InChI is InChI=1S/C9H14N2O/c1-4-7-11(8(10)5-2)9(12)6-3/h4-6,8H,1-3,7,10H2. The van der Waals surface area contributed by atoms with Crippen molar-refractivity contribution in [3.05, 3.63) is 38.0 Å². The molecule has 0 heterocycles. The molecule has 0 bridgehead atoms. The maximum atomic E-state index is 11.1. The Kier molecular flexibility index (Phi) is 4.72. The third kappa shape index (κ3) is 2.72. The molecular weight excluding hydrogens is 152 g/mol. The number of hydrogen-bond donors (Lipinski definition) is 1. The van der Waals surface area contributed by atoms with Gasteiger partial charge in [0.15, 0.2) is 0 Å². The molecule has 2 N–H and O–H groups in total. The Hall–Kier alpha value is -1.35. The summed E-state index contributed by atoms with van der Waals surface area (Å²) in [6.45, 7) is 10.8. The van der Waals surface area contributed by atoms with Gasteiger partial charge in [-0.05, 0) is 6.08 Å². The lowest BCUT2D eigenvalue weighted by atomic mass is 10.3. The van der Waals surface area contributed by atoms with Crippen LogP contribution in [-0.4, -0.2) is 23.5 Å². The zero-order valence-corrected chi connectivity index (χ0v) is 7.07. The van der Waals surface area contributed by atoms with Gasteiger partial charge in [-0.15, -0.1) is 6.58 Å². The Bertz CT molecular complexity index is 199. The van der Waals surface area contributed by atoms with Crippen LogP contribution in [0.4, 0.5) is 0 Å². The molecule has 0 aliphatic rings. The first-order valence-electron chi connectivity index (χ1n) is 3.59. The number of hydrogen-bond acceptors (Lipinski definition) is 2. The van der Waals surface area contributed by atoms with Crippen LogP contribution in [-0.2, 0) is 4.79 Å². The summed E-state index contributed by atoms with van der Waals surface area (Å²) in [5.74, 6) is -0.220. The van der Waals surface area contributed by atoms with Gasteiger partial charge in [0.1, 0.15) is 0 Å². The summed E-state index contributed by atoms with van der Waals surface area (Å²) in [4.78, 5) is 12.5. The van der Waals surface area contributed by atoms with Crippen molar-refractivity contribution in [1.82, 2.24) is 4.90 Å². The molecule has 1 amide bonds. The first-order valence-corrected chi connectivity index (χ1v) is 3.59. The highest BCUT2D eigenvalue weighted by atomic mass is 16.2. The van der Waals surface area contributed by atoms with E-state index >= 15 is 0 Å². The minimum Gasteiger partial charge on any atom is -0.317 e. The summed E-state index contributed by atoms with van der Waals surface area (Å²) in [7, 11) is 0. The van der Waals surface area contributed by atoms with Crippen molar-refractivity contribution in [3.63, 3.8) is 0 Å². The number of carbonyl (C=O) groups excluding carboxylic acids is 1. The topological polar surface area (TPSA) is 46.3 Å². The van der Waals surface area contributed by atoms with Crippen LogP contribution in [0.15, 0.2) is 38.0 Å². The van der Waals surface area contributed by atoms with Gasteiger partial charge in [-0.25, -0.2) is 0 Å². The van der Waals surface area contributed by atoms with Crippen molar-refractivity contribution in [2.24, 2.45) is 5.73 Å². The van der Waals surface area contributed by atoms with Gasteiger partial charge in [0.2, 0.25) is 5.91 Å². The predicted octanol–water partition coefficient (Wildman–Crippen LogP) is 0.658. The van der Waals surface area contributed by atoms with Gasteiger partial charge in [-0.1, -0.05) is 25.3 Å². The predicted molar refractivity (Wildman–Crippen MR) is 50.3 cm³/mol. The highest BCUT2D eigenvalue weighted by Gasteiger charge is 2.12. The molecule has 0 radical (unpaired) electrons. The monoisotopic (exact) mass is 166 g/mol. The summed E-state index contributed by atoms with van der Waals surface area (Å²) in [5.41, 5.74) is 5.57. The average Bonchev–Trinajstić information content (AvgIpc) is 2.11. The van der Waals surface area contributed by atoms with E-state index in [4.69, 9.17) is 5.73 Å². The molecule has 0 aromatic heterocycles. The Labute approximate surface area is 72.9 Å². The summed E-state index contributed by atoms with van der Waals surface area (Å²) >= 11 is 0. The molecule has 0 saturated heterocycles. The average molecular weight is 166 g/mol. The van der Waals surface area contributed by atoms with Gasteiger partial charge < -0.3 is 10.6 Å². The molecule has 0 spiro atoms. The van der Waals surface area contributed by atoms with E-state index in [2.05, 4.69) is 19.7 Å². The number of carbonyl (C=O) groups is 1. The van der Waals surface area contributed by atoms with Gasteiger partial charge in [0.25, 0.3) is 0 Å². The van der Waals surface area contributed by atoms with Gasteiger partial charge in [-0.3, -0.25) is 4.79 Å². The molecule has 0 rings (SSSR count). The molecule has 0 fully saturated rings. The highest BCUT2D eigenvalue weighted by molar-refractivity contribution is 5.87. The lowest BCUT2D eigenvalue weighted by Gasteiger charge is -2.23. The normalized spacial score (nSPS) is 11.4. The van der Waals surface area contributed by atoms with Gasteiger partial charge in [0, 0.05) is 6.54 Å². The quantitative estimate of drug-likeness (QED) is 0.370. The van der Waals surface area contributed by atoms with Crippen LogP contribution in [0.1, 0.15) is 0 Å². The molecule has 0 aromatic carbocycles. The maximum Gasteiger partial charge on any atom is 0.247 e. The molecule has 1 atom stereocenters. The van der Waals surface area contributed by atoms with Crippen molar-refractivity contribution >= 4 is 5.91 Å². The highest BCUT2D eigenvalue weighted by Crippen LogP contribution is 1.96. The Morgan fingerprint density at radius 1 is 1.50 bits per heavy atom.